The molecule has 0 saturated carbocycles. The van der Waals surface area contributed by atoms with Gasteiger partial charge < -0.3 is 9.47 Å². The van der Waals surface area contributed by atoms with E-state index in [1.54, 1.807) is 25.2 Å². The van der Waals surface area contributed by atoms with E-state index in [0.29, 0.717) is 27.8 Å². The van der Waals surface area contributed by atoms with Crippen molar-refractivity contribution in [1.82, 2.24) is 18.7 Å². The Balaban J connectivity index is 1.56. The number of hydrogen-bond donors (Lipinski definition) is 0. The summed E-state index contributed by atoms with van der Waals surface area (Å²) < 4.78 is 4.64. The number of nitrogens with zero attached hydrogens (tertiary/aromatic N) is 5. The van der Waals surface area contributed by atoms with Gasteiger partial charge in [-0.2, -0.15) is 4.98 Å². The Morgan fingerprint density at radius 2 is 1.76 bits per heavy atom. The summed E-state index contributed by atoms with van der Waals surface area (Å²) in [5, 5.41) is 0.812. The molecule has 0 N–H and O–H groups in total. The Labute approximate surface area is 200 Å². The number of aromatic nitrogens is 4. The van der Waals surface area contributed by atoms with Gasteiger partial charge in [0.2, 0.25) is 5.95 Å². The van der Waals surface area contributed by atoms with E-state index < -0.39 is 5.69 Å². The van der Waals surface area contributed by atoms with E-state index >= 15 is 0 Å². The fourth-order valence-corrected chi connectivity index (χ4v) is 4.73. The molecule has 2 aromatic carbocycles. The zero-order valence-corrected chi connectivity index (χ0v) is 19.7. The topological polar surface area (TPSA) is 65.1 Å². The van der Waals surface area contributed by atoms with Gasteiger partial charge in [-0.3, -0.25) is 13.9 Å². The normalized spacial score (nSPS) is 13.5. The van der Waals surface area contributed by atoms with Crippen LogP contribution in [-0.4, -0.2) is 31.8 Å². The third-order valence-corrected chi connectivity index (χ3v) is 6.88. The van der Waals surface area contributed by atoms with Crippen LogP contribution in [0.1, 0.15) is 17.5 Å². The molecule has 170 valence electrons. The standard InChI is InChI=1S/C24H23Cl2N5O2/c1-28-21-20(22(32)31(24(28)33)15-17-8-9-18(25)19(26)14-17)30-12-5-11-29(23(30)27-21)13-10-16-6-3-2-4-7-16/h2-4,6-9,14H,5,10-13,15H2,1H3. The van der Waals surface area contributed by atoms with E-state index in [-0.39, 0.29) is 12.1 Å². The van der Waals surface area contributed by atoms with Crippen LogP contribution in [0.15, 0.2) is 58.1 Å². The third kappa shape index (κ3) is 3.96. The summed E-state index contributed by atoms with van der Waals surface area (Å²) in [5.74, 6) is 0.742. The lowest BCUT2D eigenvalue weighted by atomic mass is 10.1. The van der Waals surface area contributed by atoms with Gasteiger partial charge in [0, 0.05) is 26.7 Å². The van der Waals surface area contributed by atoms with Crippen molar-refractivity contribution in [2.45, 2.75) is 25.9 Å². The second-order valence-electron chi connectivity index (χ2n) is 8.29. The molecule has 2 aromatic heterocycles. The minimum absolute atomic E-state index is 0.108. The van der Waals surface area contributed by atoms with Gasteiger partial charge in [-0.25, -0.2) is 4.79 Å². The molecule has 1 aliphatic heterocycles. The van der Waals surface area contributed by atoms with Gasteiger partial charge in [0.25, 0.3) is 5.56 Å². The quantitative estimate of drug-likeness (QED) is 0.434. The van der Waals surface area contributed by atoms with Crippen LogP contribution in [0.2, 0.25) is 10.0 Å². The molecule has 3 heterocycles. The Bertz CT molecular complexity index is 1460. The molecule has 0 amide bonds. The maximum absolute atomic E-state index is 13.5. The molecule has 0 bridgehead atoms. The SMILES string of the molecule is Cn1c(=O)n(Cc2ccc(Cl)c(Cl)c2)c(=O)c2c1nc1n2CCCN1CCc1ccccc1. The first-order chi connectivity index (χ1) is 15.9. The van der Waals surface area contributed by atoms with Crippen molar-refractivity contribution < 1.29 is 0 Å². The zero-order valence-electron chi connectivity index (χ0n) is 18.2. The van der Waals surface area contributed by atoms with Crippen molar-refractivity contribution in [3.8, 4) is 0 Å². The lowest BCUT2D eigenvalue weighted by molar-refractivity contribution is 0.562. The number of benzene rings is 2. The van der Waals surface area contributed by atoms with Crippen molar-refractivity contribution in [2.75, 3.05) is 18.0 Å². The largest absolute Gasteiger partial charge is 0.342 e. The molecule has 0 fully saturated rings. The van der Waals surface area contributed by atoms with Gasteiger partial charge in [-0.15, -0.1) is 0 Å². The first-order valence-corrected chi connectivity index (χ1v) is 11.6. The van der Waals surface area contributed by atoms with Crippen LogP contribution in [0.3, 0.4) is 0 Å². The Morgan fingerprint density at radius 1 is 0.970 bits per heavy atom. The molecule has 33 heavy (non-hydrogen) atoms. The van der Waals surface area contributed by atoms with Crippen LogP contribution < -0.4 is 16.1 Å². The number of fused-ring (bicyclic) bond motifs is 3. The molecule has 0 unspecified atom stereocenters. The first-order valence-electron chi connectivity index (χ1n) is 10.9. The molecule has 0 atom stereocenters. The van der Waals surface area contributed by atoms with E-state index in [1.807, 2.05) is 22.8 Å². The lowest BCUT2D eigenvalue weighted by Crippen LogP contribution is -2.40. The van der Waals surface area contributed by atoms with Crippen molar-refractivity contribution in [2.24, 2.45) is 7.05 Å². The second kappa shape index (κ2) is 8.72. The minimum atomic E-state index is -0.412. The van der Waals surface area contributed by atoms with Gasteiger partial charge >= 0.3 is 5.69 Å². The van der Waals surface area contributed by atoms with E-state index in [0.717, 1.165) is 37.4 Å². The summed E-state index contributed by atoms with van der Waals surface area (Å²) in [6, 6.07) is 15.4. The van der Waals surface area contributed by atoms with Crippen LogP contribution in [-0.2, 0) is 26.6 Å². The molecule has 5 rings (SSSR count). The molecule has 9 heteroatoms. The Morgan fingerprint density at radius 3 is 2.52 bits per heavy atom. The average molecular weight is 484 g/mol. The smallest absolute Gasteiger partial charge is 0.332 e. The fourth-order valence-electron chi connectivity index (χ4n) is 4.41. The van der Waals surface area contributed by atoms with E-state index in [4.69, 9.17) is 28.2 Å². The first kappa shape index (κ1) is 21.8. The van der Waals surface area contributed by atoms with Crippen molar-refractivity contribution >= 4 is 40.3 Å². The predicted molar refractivity (Wildman–Crippen MR) is 132 cm³/mol. The molecule has 0 spiro atoms. The van der Waals surface area contributed by atoms with Gasteiger partial charge in [0.1, 0.15) is 0 Å². The molecular weight excluding hydrogens is 461 g/mol. The molecule has 1 aliphatic rings. The van der Waals surface area contributed by atoms with Crippen LogP contribution >= 0.6 is 23.2 Å². The minimum Gasteiger partial charge on any atom is -0.342 e. The molecule has 0 radical (unpaired) electrons. The Hall–Kier alpha value is -3.03. The summed E-state index contributed by atoms with van der Waals surface area (Å²) in [5.41, 5.74) is 2.09. The third-order valence-electron chi connectivity index (χ3n) is 6.14. The van der Waals surface area contributed by atoms with Crippen molar-refractivity contribution in [3.05, 3.63) is 90.5 Å². The highest BCUT2D eigenvalue weighted by Crippen LogP contribution is 2.25. The van der Waals surface area contributed by atoms with Crippen molar-refractivity contribution in [1.29, 1.82) is 0 Å². The molecular formula is C24H23Cl2N5O2. The number of anilines is 1. The van der Waals surface area contributed by atoms with Gasteiger partial charge in [-0.05, 0) is 36.1 Å². The summed E-state index contributed by atoms with van der Waals surface area (Å²) in [7, 11) is 1.66. The summed E-state index contributed by atoms with van der Waals surface area (Å²) in [6.45, 7) is 2.45. The number of halogens is 2. The van der Waals surface area contributed by atoms with Crippen LogP contribution in [0.5, 0.6) is 0 Å². The maximum atomic E-state index is 13.5. The fraction of sp³-hybridized carbons (Fsp3) is 0.292. The molecule has 7 nitrogen and oxygen atoms in total. The van der Waals surface area contributed by atoms with Crippen molar-refractivity contribution in [3.63, 3.8) is 0 Å². The number of imidazole rings is 1. The van der Waals surface area contributed by atoms with Gasteiger partial charge in [0.05, 0.1) is 16.6 Å². The van der Waals surface area contributed by atoms with Gasteiger partial charge in [0.15, 0.2) is 11.2 Å². The number of hydrogen-bond acceptors (Lipinski definition) is 4. The summed E-state index contributed by atoms with van der Waals surface area (Å²) >= 11 is 12.1. The molecule has 4 aromatic rings. The van der Waals surface area contributed by atoms with E-state index in [1.165, 1.54) is 14.7 Å². The van der Waals surface area contributed by atoms with E-state index in [9.17, 15) is 9.59 Å². The van der Waals surface area contributed by atoms with E-state index in [2.05, 4.69) is 17.0 Å². The second-order valence-corrected chi connectivity index (χ2v) is 9.11. The monoisotopic (exact) mass is 483 g/mol. The highest BCUT2D eigenvalue weighted by atomic mass is 35.5. The van der Waals surface area contributed by atoms with Crippen LogP contribution in [0, 0.1) is 0 Å². The summed E-state index contributed by atoms with van der Waals surface area (Å²) in [6.07, 6.45) is 1.78. The molecule has 0 aliphatic carbocycles. The Kier molecular flexibility index (Phi) is 5.76. The zero-order chi connectivity index (χ0) is 23.1. The highest BCUT2D eigenvalue weighted by Gasteiger charge is 2.26. The van der Waals surface area contributed by atoms with Crippen LogP contribution in [0.25, 0.3) is 11.2 Å². The highest BCUT2D eigenvalue weighted by molar-refractivity contribution is 6.42. The number of aryl methyl sites for hydroxylation is 2. The average Bonchev–Trinajstić information content (AvgIpc) is 3.22. The maximum Gasteiger partial charge on any atom is 0.332 e. The lowest BCUT2D eigenvalue weighted by Gasteiger charge is -2.29. The van der Waals surface area contributed by atoms with Gasteiger partial charge in [-0.1, -0.05) is 59.6 Å². The predicted octanol–water partition coefficient (Wildman–Crippen LogP) is 3.70. The molecule has 0 saturated heterocycles. The summed E-state index contributed by atoms with van der Waals surface area (Å²) in [4.78, 5) is 33.5. The number of rotatable bonds is 5. The van der Waals surface area contributed by atoms with Crippen LogP contribution in [0.4, 0.5) is 5.95 Å².